The van der Waals surface area contributed by atoms with Crippen LogP contribution < -0.4 is 5.73 Å². The molecule has 0 radical (unpaired) electrons. The summed E-state index contributed by atoms with van der Waals surface area (Å²) in [5.74, 6) is 0.483. The lowest BCUT2D eigenvalue weighted by atomic mass is 10.0. The smallest absolute Gasteiger partial charge is 0.151 e. The summed E-state index contributed by atoms with van der Waals surface area (Å²) in [4.78, 5) is 10.8. The van der Waals surface area contributed by atoms with Gasteiger partial charge in [-0.25, -0.2) is 9.50 Å². The van der Waals surface area contributed by atoms with E-state index in [4.69, 9.17) is 10.8 Å². The molecule has 8 nitrogen and oxygen atoms in total. The lowest BCUT2D eigenvalue weighted by Gasteiger charge is -2.24. The molecule has 1 atom stereocenters. The zero-order valence-corrected chi connectivity index (χ0v) is 23.0. The SMILES string of the molecule is CC(c1ccncc1)N(C)CCCCc1cc(-c2ccc3cn(Cc4ccccc4)nc3c2)c2c(N)ncnn12. The highest BCUT2D eigenvalue weighted by Gasteiger charge is 2.17. The molecule has 0 amide bonds. The van der Waals surface area contributed by atoms with Crippen molar-refractivity contribution >= 4 is 22.2 Å². The molecule has 2 aromatic carbocycles. The van der Waals surface area contributed by atoms with E-state index in [0.29, 0.717) is 11.9 Å². The van der Waals surface area contributed by atoms with Crippen molar-refractivity contribution in [3.8, 4) is 11.1 Å². The highest BCUT2D eigenvalue weighted by Crippen LogP contribution is 2.32. The Hall–Kier alpha value is -4.56. The lowest BCUT2D eigenvalue weighted by molar-refractivity contribution is 0.256. The van der Waals surface area contributed by atoms with E-state index in [1.165, 1.54) is 17.5 Å². The van der Waals surface area contributed by atoms with Crippen molar-refractivity contribution in [1.82, 2.24) is 34.3 Å². The van der Waals surface area contributed by atoms with Crippen LogP contribution in [0.25, 0.3) is 27.5 Å². The Balaban J connectivity index is 1.20. The predicted octanol–water partition coefficient (Wildman–Crippen LogP) is 5.79. The fourth-order valence-electron chi connectivity index (χ4n) is 5.37. The predicted molar refractivity (Wildman–Crippen MR) is 160 cm³/mol. The van der Waals surface area contributed by atoms with Crippen molar-refractivity contribution in [2.45, 2.75) is 38.8 Å². The molecule has 8 heteroatoms. The summed E-state index contributed by atoms with van der Waals surface area (Å²) in [6, 6.07) is 23.5. The third-order valence-electron chi connectivity index (χ3n) is 7.75. The van der Waals surface area contributed by atoms with Gasteiger partial charge in [0.1, 0.15) is 11.8 Å². The minimum Gasteiger partial charge on any atom is -0.382 e. The molecular weight excluding hydrogens is 496 g/mol. The van der Waals surface area contributed by atoms with E-state index < -0.39 is 0 Å². The second-order valence-electron chi connectivity index (χ2n) is 10.4. The molecule has 40 heavy (non-hydrogen) atoms. The van der Waals surface area contributed by atoms with Gasteiger partial charge in [0, 0.05) is 41.3 Å². The molecule has 0 fully saturated rings. The number of anilines is 1. The Morgan fingerprint density at radius 2 is 1.80 bits per heavy atom. The number of fused-ring (bicyclic) bond motifs is 2. The third kappa shape index (κ3) is 5.31. The number of nitrogens with zero attached hydrogens (tertiary/aromatic N) is 7. The van der Waals surface area contributed by atoms with Crippen LogP contribution in [0.5, 0.6) is 0 Å². The number of aryl methyl sites for hydroxylation is 1. The summed E-state index contributed by atoms with van der Waals surface area (Å²) in [6.07, 6.45) is 10.4. The Kier molecular flexibility index (Phi) is 7.25. The molecule has 1 unspecified atom stereocenters. The highest BCUT2D eigenvalue weighted by molar-refractivity contribution is 5.92. The summed E-state index contributed by atoms with van der Waals surface area (Å²) in [5.41, 5.74) is 13.9. The number of nitrogen functional groups attached to an aromatic ring is 1. The number of benzene rings is 2. The summed E-state index contributed by atoms with van der Waals surface area (Å²) >= 11 is 0. The molecule has 6 aromatic rings. The number of nitrogens with two attached hydrogens (primary N) is 1. The first-order valence-corrected chi connectivity index (χ1v) is 13.8. The van der Waals surface area contributed by atoms with Crippen LogP contribution in [0.1, 0.15) is 42.6 Å². The molecule has 4 heterocycles. The molecule has 0 saturated carbocycles. The van der Waals surface area contributed by atoms with Crippen LogP contribution in [0.4, 0.5) is 5.82 Å². The van der Waals surface area contributed by atoms with E-state index >= 15 is 0 Å². The van der Waals surface area contributed by atoms with Crippen molar-refractivity contribution in [2.24, 2.45) is 0 Å². The molecule has 0 aliphatic heterocycles. The van der Waals surface area contributed by atoms with Gasteiger partial charge in [0.15, 0.2) is 5.82 Å². The second-order valence-corrected chi connectivity index (χ2v) is 10.4. The van der Waals surface area contributed by atoms with Crippen LogP contribution in [-0.2, 0) is 13.0 Å². The van der Waals surface area contributed by atoms with Crippen molar-refractivity contribution < 1.29 is 0 Å². The van der Waals surface area contributed by atoms with E-state index in [2.05, 4.69) is 101 Å². The third-order valence-corrected chi connectivity index (χ3v) is 7.75. The van der Waals surface area contributed by atoms with Gasteiger partial charge in [-0.3, -0.25) is 14.6 Å². The number of rotatable bonds is 10. The summed E-state index contributed by atoms with van der Waals surface area (Å²) in [5, 5.41) is 10.5. The van der Waals surface area contributed by atoms with E-state index in [0.717, 1.165) is 65.6 Å². The van der Waals surface area contributed by atoms with Crippen LogP contribution in [0.15, 0.2) is 91.6 Å². The van der Waals surface area contributed by atoms with Crippen LogP contribution >= 0.6 is 0 Å². The highest BCUT2D eigenvalue weighted by atomic mass is 15.3. The molecular formula is C32H34N8. The average molecular weight is 531 g/mol. The Morgan fingerprint density at radius 1 is 0.975 bits per heavy atom. The van der Waals surface area contributed by atoms with Crippen molar-refractivity contribution in [3.63, 3.8) is 0 Å². The average Bonchev–Trinajstić information content (AvgIpc) is 3.57. The largest absolute Gasteiger partial charge is 0.382 e. The molecule has 0 aliphatic carbocycles. The monoisotopic (exact) mass is 530 g/mol. The first-order valence-electron chi connectivity index (χ1n) is 13.8. The van der Waals surface area contributed by atoms with Crippen LogP contribution in [0.2, 0.25) is 0 Å². The quantitative estimate of drug-likeness (QED) is 0.226. The zero-order valence-electron chi connectivity index (χ0n) is 23.0. The van der Waals surface area contributed by atoms with Gasteiger partial charge in [0.25, 0.3) is 0 Å². The standard InChI is InChI=1S/C32H34N8/c1-23(25-13-15-34-16-14-25)38(2)17-7-6-10-28-19-29(31-32(33)35-22-36-40(28)31)26-11-12-27-21-39(37-30(27)18-26)20-24-8-4-3-5-9-24/h3-5,8-9,11-16,18-19,21-23H,6-7,10,17,20H2,1-2H3,(H2,33,35,36). The van der Waals surface area contributed by atoms with E-state index in [1.54, 1.807) is 0 Å². The van der Waals surface area contributed by atoms with Crippen LogP contribution in [0, 0.1) is 0 Å². The Morgan fingerprint density at radius 3 is 2.62 bits per heavy atom. The van der Waals surface area contributed by atoms with Crippen molar-refractivity contribution in [2.75, 3.05) is 19.3 Å². The fourth-order valence-corrected chi connectivity index (χ4v) is 5.37. The Labute approximate surface area is 234 Å². The first kappa shape index (κ1) is 25.7. The zero-order chi connectivity index (χ0) is 27.5. The van der Waals surface area contributed by atoms with Gasteiger partial charge in [0.2, 0.25) is 0 Å². The normalized spacial score (nSPS) is 12.5. The number of pyridine rings is 1. The molecule has 202 valence electrons. The second kappa shape index (κ2) is 11.3. The number of hydrogen-bond acceptors (Lipinski definition) is 6. The van der Waals surface area contributed by atoms with Crippen LogP contribution in [0.3, 0.4) is 0 Å². The molecule has 0 bridgehead atoms. The van der Waals surface area contributed by atoms with Gasteiger partial charge in [-0.2, -0.15) is 10.2 Å². The molecule has 0 saturated heterocycles. The van der Waals surface area contributed by atoms with Crippen LogP contribution in [-0.4, -0.2) is 47.9 Å². The van der Waals surface area contributed by atoms with Gasteiger partial charge in [0.05, 0.1) is 12.1 Å². The minimum absolute atomic E-state index is 0.349. The fraction of sp³-hybridized carbons (Fsp3) is 0.250. The van der Waals surface area contributed by atoms with Gasteiger partial charge in [-0.1, -0.05) is 42.5 Å². The van der Waals surface area contributed by atoms with Gasteiger partial charge in [-0.15, -0.1) is 0 Å². The topological polar surface area (TPSA) is 90.2 Å². The number of unbranched alkanes of at least 4 members (excludes halogenated alkanes) is 1. The Bertz CT molecular complexity index is 1720. The molecule has 6 rings (SSSR count). The van der Waals surface area contributed by atoms with Gasteiger partial charge in [-0.05, 0) is 80.7 Å². The van der Waals surface area contributed by atoms with Crippen molar-refractivity contribution in [3.05, 3.63) is 108 Å². The maximum absolute atomic E-state index is 6.39. The van der Waals surface area contributed by atoms with E-state index in [1.807, 2.05) is 27.7 Å². The maximum Gasteiger partial charge on any atom is 0.151 e. The molecule has 4 aromatic heterocycles. The van der Waals surface area contributed by atoms with E-state index in [9.17, 15) is 0 Å². The van der Waals surface area contributed by atoms with Gasteiger partial charge < -0.3 is 5.73 Å². The lowest BCUT2D eigenvalue weighted by Crippen LogP contribution is -2.23. The summed E-state index contributed by atoms with van der Waals surface area (Å²) in [7, 11) is 2.18. The minimum atomic E-state index is 0.349. The number of aromatic nitrogens is 6. The summed E-state index contributed by atoms with van der Waals surface area (Å²) < 4.78 is 3.95. The molecule has 0 spiro atoms. The van der Waals surface area contributed by atoms with Crippen molar-refractivity contribution in [1.29, 1.82) is 0 Å². The maximum atomic E-state index is 6.39. The first-order chi connectivity index (χ1) is 19.6. The summed E-state index contributed by atoms with van der Waals surface area (Å²) in [6.45, 7) is 3.99. The molecule has 0 aliphatic rings. The number of hydrogen-bond donors (Lipinski definition) is 1. The van der Waals surface area contributed by atoms with E-state index in [-0.39, 0.29) is 0 Å². The molecule has 2 N–H and O–H groups in total. The van der Waals surface area contributed by atoms with Gasteiger partial charge >= 0.3 is 0 Å².